The van der Waals surface area contributed by atoms with Crippen LogP contribution in [0, 0.1) is 5.82 Å². The van der Waals surface area contributed by atoms with Crippen LogP contribution in [-0.4, -0.2) is 5.11 Å². The molecular formula is C28H29FO. The Kier molecular flexibility index (Phi) is 4.85. The summed E-state index contributed by atoms with van der Waals surface area (Å²) in [6.45, 7) is 11.0. The first-order chi connectivity index (χ1) is 14.1. The van der Waals surface area contributed by atoms with Gasteiger partial charge >= 0.3 is 0 Å². The molecule has 0 aromatic heterocycles. The van der Waals surface area contributed by atoms with Crippen LogP contribution < -0.4 is 0 Å². The molecule has 4 aromatic rings. The average molecular weight is 401 g/mol. The van der Waals surface area contributed by atoms with Gasteiger partial charge in [-0.1, -0.05) is 77.1 Å². The molecule has 0 spiro atoms. The number of fused-ring (bicyclic) bond motifs is 2. The molecule has 4 aromatic carbocycles. The monoisotopic (exact) mass is 400 g/mol. The first-order valence-corrected chi connectivity index (χ1v) is 10.5. The summed E-state index contributed by atoms with van der Waals surface area (Å²) in [5.41, 5.74) is 3.18. The number of phenols is 1. The minimum absolute atomic E-state index is 0.0206. The van der Waals surface area contributed by atoms with E-state index in [0.717, 1.165) is 33.7 Å². The molecule has 0 saturated carbocycles. The highest BCUT2D eigenvalue weighted by molar-refractivity contribution is 5.91. The van der Waals surface area contributed by atoms with E-state index < -0.39 is 0 Å². The second-order valence-corrected chi connectivity index (χ2v) is 9.99. The molecule has 0 aliphatic rings. The van der Waals surface area contributed by atoms with Gasteiger partial charge in [-0.05, 0) is 79.8 Å². The van der Waals surface area contributed by atoms with Gasteiger partial charge in [-0.2, -0.15) is 0 Å². The fourth-order valence-electron chi connectivity index (χ4n) is 4.65. The Labute approximate surface area is 178 Å². The van der Waals surface area contributed by atoms with Gasteiger partial charge in [0, 0.05) is 0 Å². The average Bonchev–Trinajstić information content (AvgIpc) is 2.65. The molecular weight excluding hydrogens is 371 g/mol. The molecule has 1 nitrogen and oxygen atoms in total. The van der Waals surface area contributed by atoms with Crippen LogP contribution in [0.15, 0.2) is 66.7 Å². The van der Waals surface area contributed by atoms with E-state index in [2.05, 4.69) is 58.9 Å². The van der Waals surface area contributed by atoms with E-state index in [0.29, 0.717) is 0 Å². The predicted octanol–water partition coefficient (Wildman–Crippen LogP) is 7.66. The van der Waals surface area contributed by atoms with Gasteiger partial charge in [0.05, 0.1) is 0 Å². The molecule has 30 heavy (non-hydrogen) atoms. The van der Waals surface area contributed by atoms with E-state index in [1.165, 1.54) is 17.0 Å². The molecule has 154 valence electrons. The molecule has 0 aliphatic heterocycles. The normalized spacial score (nSPS) is 12.6. The van der Waals surface area contributed by atoms with Crippen LogP contribution in [0.25, 0.3) is 21.5 Å². The van der Waals surface area contributed by atoms with Crippen molar-refractivity contribution < 1.29 is 9.50 Å². The maximum Gasteiger partial charge on any atom is 0.123 e. The number of aromatic hydroxyl groups is 1. The lowest BCUT2D eigenvalue weighted by Gasteiger charge is -2.29. The summed E-state index contributed by atoms with van der Waals surface area (Å²) in [5, 5.41) is 14.8. The SMILES string of the molecule is CC(C)(C)c1cccc2c(CC(C)(C)c3cccc4ccc(F)cc34)cc(O)cc12. The third kappa shape index (κ3) is 3.67. The zero-order chi connectivity index (χ0) is 21.7. The Bertz CT molecular complexity index is 1240. The largest absolute Gasteiger partial charge is 0.508 e. The van der Waals surface area contributed by atoms with Gasteiger partial charge in [0.15, 0.2) is 0 Å². The minimum atomic E-state index is -0.244. The minimum Gasteiger partial charge on any atom is -0.508 e. The number of hydrogen-bond donors (Lipinski definition) is 1. The van der Waals surface area contributed by atoms with Crippen molar-refractivity contribution in [1.82, 2.24) is 0 Å². The molecule has 0 unspecified atom stereocenters. The summed E-state index contributed by atoms with van der Waals surface area (Å²) in [6.07, 6.45) is 0.737. The maximum atomic E-state index is 14.0. The fourth-order valence-corrected chi connectivity index (χ4v) is 4.65. The second kappa shape index (κ2) is 7.12. The Morgan fingerprint density at radius 3 is 2.17 bits per heavy atom. The van der Waals surface area contributed by atoms with E-state index in [1.54, 1.807) is 6.07 Å². The van der Waals surface area contributed by atoms with E-state index in [-0.39, 0.29) is 22.4 Å². The summed E-state index contributed by atoms with van der Waals surface area (Å²) < 4.78 is 14.0. The summed E-state index contributed by atoms with van der Waals surface area (Å²) in [4.78, 5) is 0. The van der Waals surface area contributed by atoms with Crippen molar-refractivity contribution in [2.45, 2.75) is 51.9 Å². The van der Waals surface area contributed by atoms with Crippen molar-refractivity contribution in [2.24, 2.45) is 0 Å². The summed E-state index contributed by atoms with van der Waals surface area (Å²) in [5.74, 6) is 0.0670. The number of halogens is 1. The third-order valence-electron chi connectivity index (χ3n) is 6.08. The Hall–Kier alpha value is -2.87. The second-order valence-electron chi connectivity index (χ2n) is 9.99. The first kappa shape index (κ1) is 20.4. The Morgan fingerprint density at radius 2 is 1.43 bits per heavy atom. The van der Waals surface area contributed by atoms with Crippen LogP contribution in [0.5, 0.6) is 5.75 Å². The van der Waals surface area contributed by atoms with Crippen molar-refractivity contribution in [1.29, 1.82) is 0 Å². The molecule has 0 atom stereocenters. The van der Waals surface area contributed by atoms with Crippen molar-refractivity contribution in [2.75, 3.05) is 0 Å². The van der Waals surface area contributed by atoms with Gasteiger partial charge in [0.25, 0.3) is 0 Å². The molecule has 0 fully saturated rings. The molecule has 0 aliphatic carbocycles. The van der Waals surface area contributed by atoms with Crippen molar-refractivity contribution in [3.63, 3.8) is 0 Å². The molecule has 1 N–H and O–H groups in total. The van der Waals surface area contributed by atoms with Crippen LogP contribution in [-0.2, 0) is 17.3 Å². The molecule has 2 heteroatoms. The topological polar surface area (TPSA) is 20.2 Å². The quantitative estimate of drug-likeness (QED) is 0.374. The standard InChI is InChI=1S/C28H29FO/c1-27(2,3)25-10-7-9-22-19(14-21(30)16-24(22)25)17-28(4,5)26-11-6-8-18-12-13-20(29)15-23(18)26/h6-16,30H,17H2,1-5H3. The highest BCUT2D eigenvalue weighted by atomic mass is 19.1. The van der Waals surface area contributed by atoms with Gasteiger partial charge in [-0.15, -0.1) is 0 Å². The molecule has 0 saturated heterocycles. The van der Waals surface area contributed by atoms with Gasteiger partial charge in [-0.25, -0.2) is 4.39 Å². The van der Waals surface area contributed by atoms with Crippen LogP contribution in [0.2, 0.25) is 0 Å². The lowest BCUT2D eigenvalue weighted by Crippen LogP contribution is -2.21. The summed E-state index contributed by atoms with van der Waals surface area (Å²) >= 11 is 0. The number of phenolic OH excluding ortho intramolecular Hbond substituents is 1. The zero-order valence-corrected chi connectivity index (χ0v) is 18.4. The molecule has 0 bridgehead atoms. The van der Waals surface area contributed by atoms with Gasteiger partial charge < -0.3 is 5.11 Å². The summed E-state index contributed by atoms with van der Waals surface area (Å²) in [6, 6.07) is 21.3. The number of benzene rings is 4. The van der Waals surface area contributed by atoms with Crippen molar-refractivity contribution in [3.8, 4) is 5.75 Å². The molecule has 0 radical (unpaired) electrons. The number of hydrogen-bond acceptors (Lipinski definition) is 1. The smallest absolute Gasteiger partial charge is 0.123 e. The first-order valence-electron chi connectivity index (χ1n) is 10.5. The lowest BCUT2D eigenvalue weighted by atomic mass is 9.75. The van der Waals surface area contributed by atoms with Gasteiger partial charge in [-0.3, -0.25) is 0 Å². The van der Waals surface area contributed by atoms with E-state index in [9.17, 15) is 9.50 Å². The lowest BCUT2D eigenvalue weighted by molar-refractivity contribution is 0.473. The van der Waals surface area contributed by atoms with Crippen LogP contribution in [0.3, 0.4) is 0 Å². The molecule has 4 rings (SSSR count). The molecule has 0 amide bonds. The van der Waals surface area contributed by atoms with E-state index in [4.69, 9.17) is 0 Å². The van der Waals surface area contributed by atoms with E-state index >= 15 is 0 Å². The van der Waals surface area contributed by atoms with Crippen molar-refractivity contribution >= 4 is 21.5 Å². The number of rotatable bonds is 3. The van der Waals surface area contributed by atoms with Gasteiger partial charge in [0.1, 0.15) is 11.6 Å². The highest BCUT2D eigenvalue weighted by Crippen LogP contribution is 2.39. The third-order valence-corrected chi connectivity index (χ3v) is 6.08. The maximum absolute atomic E-state index is 14.0. The van der Waals surface area contributed by atoms with Crippen molar-refractivity contribution in [3.05, 3.63) is 89.2 Å². The van der Waals surface area contributed by atoms with Crippen LogP contribution in [0.1, 0.15) is 51.3 Å². The Morgan fingerprint density at radius 1 is 0.733 bits per heavy atom. The highest BCUT2D eigenvalue weighted by Gasteiger charge is 2.26. The van der Waals surface area contributed by atoms with Crippen LogP contribution in [0.4, 0.5) is 4.39 Å². The predicted molar refractivity (Wildman–Crippen MR) is 125 cm³/mol. The molecule has 0 heterocycles. The zero-order valence-electron chi connectivity index (χ0n) is 18.4. The fraction of sp³-hybridized carbons (Fsp3) is 0.286. The summed E-state index contributed by atoms with van der Waals surface area (Å²) in [7, 11) is 0. The Balaban J connectivity index is 1.88. The van der Waals surface area contributed by atoms with Crippen LogP contribution >= 0.6 is 0 Å². The van der Waals surface area contributed by atoms with Gasteiger partial charge in [0.2, 0.25) is 0 Å². The van der Waals surface area contributed by atoms with E-state index in [1.807, 2.05) is 30.3 Å².